The molecule has 14 heteroatoms. The number of nitrogens with two attached hydrogens (primary N) is 3. The van der Waals surface area contributed by atoms with E-state index in [1.54, 1.807) is 0 Å². The molecule has 0 bridgehead atoms. The van der Waals surface area contributed by atoms with Gasteiger partial charge in [0.2, 0.25) is 11.8 Å². The van der Waals surface area contributed by atoms with E-state index in [0.29, 0.717) is 38.6 Å². The SMILES string of the molecule is CC(=O)C[C@@H](CO)C(=O)N[C@@H](CCCCN)C(=O)C[C@@H](CC(C)C)C(=O)N[C@H](CCCN=C(N)N)B(O)O. The summed E-state index contributed by atoms with van der Waals surface area (Å²) in [6.07, 6.45) is 2.07. The van der Waals surface area contributed by atoms with E-state index in [0.717, 1.165) is 0 Å². The van der Waals surface area contributed by atoms with Crippen molar-refractivity contribution in [1.29, 1.82) is 0 Å². The van der Waals surface area contributed by atoms with Crippen LogP contribution in [-0.2, 0) is 19.2 Å². The first-order valence-electron chi connectivity index (χ1n) is 13.2. The topological polar surface area (TPSA) is 243 Å². The van der Waals surface area contributed by atoms with E-state index in [1.165, 1.54) is 6.92 Å². The van der Waals surface area contributed by atoms with Gasteiger partial charge in [-0.25, -0.2) is 0 Å². The van der Waals surface area contributed by atoms with Gasteiger partial charge in [-0.05, 0) is 57.9 Å². The van der Waals surface area contributed by atoms with E-state index in [1.807, 2.05) is 13.8 Å². The van der Waals surface area contributed by atoms with Gasteiger partial charge in [-0.3, -0.25) is 19.4 Å². The number of carbonyl (C=O) groups excluding carboxylic acids is 4. The molecule has 11 N–H and O–H groups in total. The molecule has 0 aromatic carbocycles. The van der Waals surface area contributed by atoms with Gasteiger partial charge < -0.3 is 47.8 Å². The molecule has 0 aromatic heterocycles. The molecule has 0 fully saturated rings. The molecule has 38 heavy (non-hydrogen) atoms. The molecule has 0 radical (unpaired) electrons. The number of Topliss-reactive ketones (excluding diaryl/α,β-unsaturated/α-hetero) is 2. The first kappa shape index (κ1) is 35.5. The average molecular weight is 542 g/mol. The number of hydrogen-bond acceptors (Lipinski definition) is 9. The first-order valence-corrected chi connectivity index (χ1v) is 13.2. The van der Waals surface area contributed by atoms with Crippen molar-refractivity contribution in [3.8, 4) is 0 Å². The summed E-state index contributed by atoms with van der Waals surface area (Å²) < 4.78 is 0. The number of aliphatic hydroxyl groups excluding tert-OH is 1. The highest BCUT2D eigenvalue weighted by Crippen LogP contribution is 2.20. The number of unbranched alkanes of at least 4 members (excludes halogenated alkanes) is 1. The number of nitrogens with one attached hydrogen (secondary N) is 2. The van der Waals surface area contributed by atoms with E-state index >= 15 is 0 Å². The standard InChI is InChI=1S/C24H47BN6O7/c1-15(2)11-17(22(35)31-21(25(37)38)8-6-10-29-24(27)28)13-20(34)19(7-4-5-9-26)30-23(36)18(14-32)12-16(3)33/h15,17-19,21,32,37-38H,4-14,26H2,1-3H3,(H,30,36)(H,31,35)(H4,27,28,29)/t17-,18+,19+,21-/m1/s1. The average Bonchev–Trinajstić information content (AvgIpc) is 2.82. The van der Waals surface area contributed by atoms with Gasteiger partial charge in [0.25, 0.3) is 0 Å². The van der Waals surface area contributed by atoms with E-state index in [-0.39, 0.29) is 49.3 Å². The molecule has 0 spiro atoms. The monoisotopic (exact) mass is 542 g/mol. The molecule has 0 aliphatic heterocycles. The van der Waals surface area contributed by atoms with Crippen molar-refractivity contribution in [2.75, 3.05) is 19.7 Å². The lowest BCUT2D eigenvalue weighted by atomic mass is 9.76. The largest absolute Gasteiger partial charge is 0.475 e. The summed E-state index contributed by atoms with van der Waals surface area (Å²) in [6, 6.07) is -0.920. The van der Waals surface area contributed by atoms with E-state index < -0.39 is 49.4 Å². The third-order valence-corrected chi connectivity index (χ3v) is 6.01. The van der Waals surface area contributed by atoms with Gasteiger partial charge in [0.1, 0.15) is 5.78 Å². The minimum absolute atomic E-state index is 0.0533. The molecule has 0 saturated carbocycles. The minimum atomic E-state index is -1.83. The van der Waals surface area contributed by atoms with Crippen LogP contribution in [0.1, 0.15) is 72.1 Å². The van der Waals surface area contributed by atoms with E-state index in [9.17, 15) is 34.3 Å². The number of rotatable bonds is 21. The predicted molar refractivity (Wildman–Crippen MR) is 145 cm³/mol. The Morgan fingerprint density at radius 1 is 0.921 bits per heavy atom. The van der Waals surface area contributed by atoms with Crippen LogP contribution in [0.5, 0.6) is 0 Å². The lowest BCUT2D eigenvalue weighted by Crippen LogP contribution is -2.50. The molecule has 0 aliphatic carbocycles. The van der Waals surface area contributed by atoms with Crippen LogP contribution in [0.4, 0.5) is 0 Å². The van der Waals surface area contributed by atoms with E-state index in [2.05, 4.69) is 15.6 Å². The molecule has 0 heterocycles. The fourth-order valence-electron chi connectivity index (χ4n) is 4.04. The van der Waals surface area contributed by atoms with Crippen LogP contribution in [0.3, 0.4) is 0 Å². The quantitative estimate of drug-likeness (QED) is 0.0356. The van der Waals surface area contributed by atoms with Crippen LogP contribution in [0.25, 0.3) is 0 Å². The molecular weight excluding hydrogens is 495 g/mol. The van der Waals surface area contributed by atoms with Gasteiger partial charge in [0.05, 0.1) is 24.5 Å². The third kappa shape index (κ3) is 15.6. The maximum absolute atomic E-state index is 13.3. The molecule has 2 amide bonds. The number of guanidine groups is 1. The van der Waals surface area contributed by atoms with Crippen molar-refractivity contribution < 1.29 is 34.3 Å². The second-order valence-corrected chi connectivity index (χ2v) is 10.1. The zero-order valence-electron chi connectivity index (χ0n) is 22.9. The Bertz CT molecular complexity index is 777. The molecule has 0 unspecified atom stereocenters. The zero-order valence-corrected chi connectivity index (χ0v) is 22.9. The number of ketones is 2. The molecule has 13 nitrogen and oxygen atoms in total. The van der Waals surface area contributed by atoms with Crippen LogP contribution in [0.15, 0.2) is 4.99 Å². The number of nitrogens with zero attached hydrogens (tertiary/aromatic N) is 1. The Hall–Kier alpha value is -2.55. The van der Waals surface area contributed by atoms with Gasteiger partial charge in [-0.15, -0.1) is 0 Å². The van der Waals surface area contributed by atoms with Crippen LogP contribution < -0.4 is 27.8 Å². The molecule has 0 aromatic rings. The second-order valence-electron chi connectivity index (χ2n) is 10.1. The molecule has 0 aliphatic rings. The molecular formula is C24H47BN6O7. The maximum Gasteiger partial charge on any atom is 0.475 e. The van der Waals surface area contributed by atoms with Gasteiger partial charge in [0, 0.05) is 25.3 Å². The van der Waals surface area contributed by atoms with Gasteiger partial charge in [-0.1, -0.05) is 13.8 Å². The Morgan fingerprint density at radius 3 is 2.05 bits per heavy atom. The molecule has 218 valence electrons. The Kier molecular flexibility index (Phi) is 18.2. The minimum Gasteiger partial charge on any atom is -0.426 e. The summed E-state index contributed by atoms with van der Waals surface area (Å²) in [5, 5.41) is 34.3. The fourth-order valence-corrected chi connectivity index (χ4v) is 4.04. The Balaban J connectivity index is 5.56. The summed E-state index contributed by atoms with van der Waals surface area (Å²) >= 11 is 0. The number of aliphatic hydroxyl groups is 1. The fraction of sp³-hybridized carbons (Fsp3) is 0.792. The van der Waals surface area contributed by atoms with Crippen molar-refractivity contribution in [1.82, 2.24) is 10.6 Å². The van der Waals surface area contributed by atoms with Crippen molar-refractivity contribution >= 4 is 36.5 Å². The third-order valence-electron chi connectivity index (χ3n) is 6.01. The van der Waals surface area contributed by atoms with Crippen LogP contribution in [-0.4, -0.2) is 83.3 Å². The summed E-state index contributed by atoms with van der Waals surface area (Å²) in [5.41, 5.74) is 16.1. The van der Waals surface area contributed by atoms with Crippen LogP contribution in [0.2, 0.25) is 0 Å². The summed E-state index contributed by atoms with van der Waals surface area (Å²) in [5.74, 6) is -4.53. The van der Waals surface area contributed by atoms with Gasteiger partial charge in [0.15, 0.2) is 11.7 Å². The van der Waals surface area contributed by atoms with Crippen LogP contribution in [0, 0.1) is 17.8 Å². The smallest absolute Gasteiger partial charge is 0.426 e. The lowest BCUT2D eigenvalue weighted by molar-refractivity contribution is -0.134. The van der Waals surface area contributed by atoms with Crippen molar-refractivity contribution in [3.05, 3.63) is 0 Å². The summed E-state index contributed by atoms with van der Waals surface area (Å²) in [4.78, 5) is 54.4. The van der Waals surface area contributed by atoms with Gasteiger partial charge in [-0.2, -0.15) is 0 Å². The highest BCUT2D eigenvalue weighted by atomic mass is 16.4. The van der Waals surface area contributed by atoms with Crippen LogP contribution >= 0.6 is 0 Å². The predicted octanol–water partition coefficient (Wildman–Crippen LogP) is -1.64. The van der Waals surface area contributed by atoms with E-state index in [4.69, 9.17) is 17.2 Å². The summed E-state index contributed by atoms with van der Waals surface area (Å²) in [7, 11) is -1.83. The zero-order chi connectivity index (χ0) is 29.3. The summed E-state index contributed by atoms with van der Waals surface area (Å²) in [6.45, 7) is 5.22. The number of carbonyl (C=O) groups is 4. The molecule has 0 rings (SSSR count). The highest BCUT2D eigenvalue weighted by molar-refractivity contribution is 6.43. The second kappa shape index (κ2) is 19.5. The van der Waals surface area contributed by atoms with Crippen molar-refractivity contribution in [2.45, 2.75) is 84.1 Å². The Labute approximate surface area is 225 Å². The first-order chi connectivity index (χ1) is 17.8. The maximum atomic E-state index is 13.3. The van der Waals surface area contributed by atoms with Crippen molar-refractivity contribution in [3.63, 3.8) is 0 Å². The normalized spacial score (nSPS) is 14.2. The number of aliphatic imine (C=N–C) groups is 1. The number of hydrogen-bond donors (Lipinski definition) is 8. The Morgan fingerprint density at radius 2 is 1.55 bits per heavy atom. The highest BCUT2D eigenvalue weighted by Gasteiger charge is 2.32. The molecule has 0 saturated heterocycles. The van der Waals surface area contributed by atoms with Gasteiger partial charge >= 0.3 is 7.12 Å². The number of amides is 2. The van der Waals surface area contributed by atoms with Crippen molar-refractivity contribution in [2.24, 2.45) is 39.9 Å². The lowest BCUT2D eigenvalue weighted by Gasteiger charge is -2.25. The molecule has 4 atom stereocenters.